The number of nitrogens with zero attached hydrogens (tertiary/aromatic N) is 2. The fourth-order valence-electron chi connectivity index (χ4n) is 2.66. The van der Waals surface area contributed by atoms with Gasteiger partial charge in [-0.2, -0.15) is 0 Å². The van der Waals surface area contributed by atoms with Crippen LogP contribution in [0.3, 0.4) is 0 Å². The molecule has 0 aromatic heterocycles. The third-order valence-electron chi connectivity index (χ3n) is 4.46. The third-order valence-corrected chi connectivity index (χ3v) is 5.20. The number of aliphatic hydroxyl groups excluding tert-OH is 1. The summed E-state index contributed by atoms with van der Waals surface area (Å²) in [5, 5.41) is 14.9. The summed E-state index contributed by atoms with van der Waals surface area (Å²) in [7, 11) is 1.85. The summed E-state index contributed by atoms with van der Waals surface area (Å²) in [4.78, 5) is 26.9. The molecule has 1 fully saturated rings. The van der Waals surface area contributed by atoms with Crippen LogP contribution in [0.4, 0.5) is 0 Å². The minimum absolute atomic E-state index is 0.0481. The number of allylic oxidation sites excluding steroid dienone is 6. The summed E-state index contributed by atoms with van der Waals surface area (Å²) in [5.41, 5.74) is 0.811. The number of hydrogen-bond acceptors (Lipinski definition) is 6. The molecule has 1 atom stereocenters. The van der Waals surface area contributed by atoms with Crippen molar-refractivity contribution in [3.05, 3.63) is 47.4 Å². The largest absolute Gasteiger partial charge is 0.395 e. The number of carbonyl (C=O) groups is 2. The molecule has 1 rings (SSSR count). The molecule has 1 saturated heterocycles. The third kappa shape index (κ3) is 22.9. The minimum Gasteiger partial charge on any atom is -0.395 e. The Kier molecular flexibility index (Phi) is 30.3. The average molecular weight is 547 g/mol. The molecule has 2 amide bonds. The number of amides is 2. The van der Waals surface area contributed by atoms with Gasteiger partial charge in [0, 0.05) is 51.2 Å². The molecule has 3 N–H and O–H groups in total. The van der Waals surface area contributed by atoms with Gasteiger partial charge in [-0.25, -0.2) is 0 Å². The summed E-state index contributed by atoms with van der Waals surface area (Å²) in [5.74, 6) is -0.0481. The molecule has 0 radical (unpaired) electrons. The first-order chi connectivity index (χ1) is 17.2. The Morgan fingerprint density at radius 2 is 1.72 bits per heavy atom. The number of aliphatic hydroxyl groups is 1. The molecule has 1 aliphatic heterocycles. The Hall–Kier alpha value is -1.58. The molecule has 0 spiro atoms. The van der Waals surface area contributed by atoms with Crippen molar-refractivity contribution in [1.29, 1.82) is 0 Å². The van der Waals surface area contributed by atoms with Crippen molar-refractivity contribution in [3.63, 3.8) is 0 Å². The van der Waals surface area contributed by atoms with Crippen LogP contribution in [-0.2, 0) is 9.59 Å². The van der Waals surface area contributed by atoms with Gasteiger partial charge in [-0.15, -0.1) is 23.4 Å². The quantitative estimate of drug-likeness (QED) is 0.157. The first kappa shape index (κ1) is 38.9. The van der Waals surface area contributed by atoms with E-state index in [0.717, 1.165) is 44.7 Å². The molecule has 0 aliphatic carbocycles. The van der Waals surface area contributed by atoms with Crippen LogP contribution in [-0.4, -0.2) is 98.3 Å². The number of rotatable bonds is 11. The van der Waals surface area contributed by atoms with E-state index < -0.39 is 0 Å². The van der Waals surface area contributed by atoms with Crippen LogP contribution in [0, 0.1) is 0 Å². The van der Waals surface area contributed by atoms with Crippen LogP contribution in [0.15, 0.2) is 47.4 Å². The number of piperazine rings is 1. The smallest absolute Gasteiger partial charge is 0.257 e. The fraction of sp³-hybridized carbons (Fsp3) is 0.630. The number of likely N-dealkylation sites (N-methyl/N-ethyl adjacent to an activating group) is 1. The Balaban J connectivity index is -0.000000518. The Morgan fingerprint density at radius 1 is 1.17 bits per heavy atom. The van der Waals surface area contributed by atoms with Gasteiger partial charge < -0.3 is 20.6 Å². The Morgan fingerprint density at radius 3 is 2.11 bits per heavy atom. The highest BCUT2D eigenvalue weighted by atomic mass is 35.5. The molecule has 7 nitrogen and oxygen atoms in total. The van der Waals surface area contributed by atoms with Crippen molar-refractivity contribution in [2.75, 3.05) is 59.0 Å². The minimum atomic E-state index is -0.0481. The van der Waals surface area contributed by atoms with Crippen molar-refractivity contribution in [2.45, 2.75) is 53.1 Å². The van der Waals surface area contributed by atoms with Crippen molar-refractivity contribution in [3.8, 4) is 0 Å². The van der Waals surface area contributed by atoms with Crippen LogP contribution < -0.4 is 10.6 Å². The topological polar surface area (TPSA) is 84.9 Å². The number of carbonyl (C=O) groups excluding carboxylic acids is 2. The highest BCUT2D eigenvalue weighted by Gasteiger charge is 2.17. The standard InChI is InChI=1S/C14H21NOS.C9H19N3O2.C3H8.CH3Cl/c1-6-7-8-9-12(4)10-13(17-5)14(16)15-11(2)3;1-10-9(7-13)6-11-2-4-12(8-14)5-3-11;1-3-2;1-2/h6-11H,4H2,1-3,5H3,(H,15,16);8-10,13H,2-7H2,1H3;3H2,1-2H3;1H3/b7-6-,9-8-,13-10-;;;. The van der Waals surface area contributed by atoms with Crippen molar-refractivity contribution in [2.24, 2.45) is 0 Å². The summed E-state index contributed by atoms with van der Waals surface area (Å²) >= 11 is 6.06. The normalized spacial score (nSPS) is 14.8. The van der Waals surface area contributed by atoms with Gasteiger partial charge in [0.2, 0.25) is 6.41 Å². The molecule has 9 heteroatoms. The SMILES string of the molecule is C=C(/C=C\C=C/C)/C=C(\SC)C(=O)NC(C)C.CCC.CCl.CNC(CO)CN1CCN(C=O)CC1. The molecule has 210 valence electrons. The second-order valence-corrected chi connectivity index (χ2v) is 8.97. The van der Waals surface area contributed by atoms with E-state index in [9.17, 15) is 9.59 Å². The molecule has 1 unspecified atom stereocenters. The second-order valence-electron chi connectivity index (χ2n) is 8.12. The molecule has 36 heavy (non-hydrogen) atoms. The lowest BCUT2D eigenvalue weighted by Crippen LogP contribution is -2.50. The van der Waals surface area contributed by atoms with E-state index in [4.69, 9.17) is 5.11 Å². The van der Waals surface area contributed by atoms with Crippen LogP contribution in [0.1, 0.15) is 41.0 Å². The zero-order valence-electron chi connectivity index (χ0n) is 23.7. The number of halogens is 1. The maximum atomic E-state index is 11.8. The van der Waals surface area contributed by atoms with Crippen LogP contribution in [0.25, 0.3) is 0 Å². The average Bonchev–Trinajstić information content (AvgIpc) is 2.88. The predicted molar refractivity (Wildman–Crippen MR) is 160 cm³/mol. The zero-order chi connectivity index (χ0) is 28.4. The molecule has 1 aliphatic rings. The van der Waals surface area contributed by atoms with E-state index in [1.54, 1.807) is 11.0 Å². The summed E-state index contributed by atoms with van der Waals surface area (Å²) in [6.45, 7) is 18.4. The van der Waals surface area contributed by atoms with Gasteiger partial charge in [0.1, 0.15) is 0 Å². The van der Waals surface area contributed by atoms with Gasteiger partial charge >= 0.3 is 0 Å². The predicted octanol–water partition coefficient (Wildman–Crippen LogP) is 4.06. The summed E-state index contributed by atoms with van der Waals surface area (Å²) in [6.07, 6.45) is 14.9. The van der Waals surface area contributed by atoms with Gasteiger partial charge in [-0.1, -0.05) is 51.2 Å². The monoisotopic (exact) mass is 546 g/mol. The van der Waals surface area contributed by atoms with Crippen LogP contribution >= 0.6 is 23.4 Å². The van der Waals surface area contributed by atoms with E-state index in [1.165, 1.54) is 24.6 Å². The van der Waals surface area contributed by atoms with Gasteiger partial charge in [-0.3, -0.25) is 14.5 Å². The van der Waals surface area contributed by atoms with E-state index in [-0.39, 0.29) is 24.6 Å². The number of thioether (sulfide) groups is 1. The maximum Gasteiger partial charge on any atom is 0.257 e. The van der Waals surface area contributed by atoms with Gasteiger partial charge in [0.05, 0.1) is 11.5 Å². The first-order valence-corrected chi connectivity index (χ1v) is 14.3. The van der Waals surface area contributed by atoms with Crippen molar-refractivity contribution < 1.29 is 14.7 Å². The lowest BCUT2D eigenvalue weighted by molar-refractivity contribution is -0.120. The molecular formula is C27H51ClN4O3S. The van der Waals surface area contributed by atoms with E-state index in [2.05, 4.69) is 47.6 Å². The van der Waals surface area contributed by atoms with Crippen LogP contribution in [0.5, 0.6) is 0 Å². The summed E-state index contributed by atoms with van der Waals surface area (Å²) < 4.78 is 0. The van der Waals surface area contributed by atoms with E-state index in [1.807, 2.05) is 58.4 Å². The van der Waals surface area contributed by atoms with Gasteiger partial charge in [-0.05, 0) is 45.7 Å². The van der Waals surface area contributed by atoms with Gasteiger partial charge in [0.15, 0.2) is 0 Å². The molecule has 1 heterocycles. The van der Waals surface area contributed by atoms with Gasteiger partial charge in [0.25, 0.3) is 5.91 Å². The number of alkyl halides is 1. The number of nitrogens with one attached hydrogen (secondary N) is 2. The molecule has 0 aromatic carbocycles. The van der Waals surface area contributed by atoms with Crippen LogP contribution in [0.2, 0.25) is 0 Å². The fourth-order valence-corrected chi connectivity index (χ4v) is 3.17. The molecule has 0 aromatic rings. The van der Waals surface area contributed by atoms with Crippen molar-refractivity contribution in [1.82, 2.24) is 20.4 Å². The first-order valence-electron chi connectivity index (χ1n) is 12.3. The Bertz CT molecular complexity index is 643. The Labute approximate surface area is 230 Å². The molecule has 0 bridgehead atoms. The highest BCUT2D eigenvalue weighted by molar-refractivity contribution is 8.03. The lowest BCUT2D eigenvalue weighted by Gasteiger charge is -2.34. The summed E-state index contributed by atoms with van der Waals surface area (Å²) in [6, 6.07) is 0.280. The van der Waals surface area contributed by atoms with E-state index >= 15 is 0 Å². The number of hydrogen-bond donors (Lipinski definition) is 3. The lowest BCUT2D eigenvalue weighted by atomic mass is 10.2. The molecular weight excluding hydrogens is 496 g/mol. The zero-order valence-corrected chi connectivity index (χ0v) is 25.3. The molecule has 0 saturated carbocycles. The second kappa shape index (κ2) is 28.0. The highest BCUT2D eigenvalue weighted by Crippen LogP contribution is 2.15. The maximum absolute atomic E-state index is 11.8. The van der Waals surface area contributed by atoms with Crippen molar-refractivity contribution >= 4 is 35.7 Å². The van der Waals surface area contributed by atoms with E-state index in [0.29, 0.717) is 4.91 Å².